The van der Waals surface area contributed by atoms with E-state index < -0.39 is 18.4 Å². The monoisotopic (exact) mass is 387 g/mol. The van der Waals surface area contributed by atoms with Gasteiger partial charge in [-0.2, -0.15) is 0 Å². The summed E-state index contributed by atoms with van der Waals surface area (Å²) < 4.78 is 19.1. The highest BCUT2D eigenvalue weighted by molar-refractivity contribution is 7.18. The number of esters is 1. The summed E-state index contributed by atoms with van der Waals surface area (Å²) in [5, 5.41) is 0.793. The van der Waals surface area contributed by atoms with E-state index in [1.165, 1.54) is 22.3 Å². The number of nitrogen functional groups attached to an aromatic ring is 1. The van der Waals surface area contributed by atoms with Gasteiger partial charge in [-0.05, 0) is 37.3 Å². The number of benzene rings is 2. The standard InChI is InChI=1S/C19H18FN3O3S/c1-11(18-22-15-5-3-4-6-16(15)27-18)23(2)17(24)10-26-19(25)13-8-7-12(20)9-14(13)21/h3-9,11H,10,21H2,1-2H3/t11-/m0/s1. The van der Waals surface area contributed by atoms with Gasteiger partial charge in [-0.1, -0.05) is 12.1 Å². The zero-order valence-electron chi connectivity index (χ0n) is 14.8. The molecule has 0 aliphatic heterocycles. The molecule has 1 atom stereocenters. The number of nitrogens with zero attached hydrogens (tertiary/aromatic N) is 2. The molecule has 2 aromatic carbocycles. The largest absolute Gasteiger partial charge is 0.452 e. The van der Waals surface area contributed by atoms with Gasteiger partial charge in [-0.25, -0.2) is 14.2 Å². The van der Waals surface area contributed by atoms with Gasteiger partial charge >= 0.3 is 5.97 Å². The first-order valence-electron chi connectivity index (χ1n) is 8.20. The van der Waals surface area contributed by atoms with Gasteiger partial charge < -0.3 is 15.4 Å². The van der Waals surface area contributed by atoms with Gasteiger partial charge in [0.2, 0.25) is 0 Å². The third-order valence-electron chi connectivity index (χ3n) is 4.20. The van der Waals surface area contributed by atoms with Crippen LogP contribution in [-0.4, -0.2) is 35.4 Å². The predicted octanol–water partition coefficient (Wildman–Crippen LogP) is 3.39. The number of para-hydroxylation sites is 1. The Morgan fingerprint density at radius 3 is 2.74 bits per heavy atom. The van der Waals surface area contributed by atoms with Crippen LogP contribution in [-0.2, 0) is 9.53 Å². The fraction of sp³-hybridized carbons (Fsp3) is 0.211. The maximum Gasteiger partial charge on any atom is 0.340 e. The van der Waals surface area contributed by atoms with Crippen molar-refractivity contribution in [2.45, 2.75) is 13.0 Å². The smallest absolute Gasteiger partial charge is 0.340 e. The van der Waals surface area contributed by atoms with E-state index in [0.717, 1.165) is 27.4 Å². The van der Waals surface area contributed by atoms with Crippen molar-refractivity contribution < 1.29 is 18.7 Å². The van der Waals surface area contributed by atoms with E-state index in [4.69, 9.17) is 10.5 Å². The van der Waals surface area contributed by atoms with E-state index in [-0.39, 0.29) is 23.2 Å². The zero-order chi connectivity index (χ0) is 19.6. The van der Waals surface area contributed by atoms with Gasteiger partial charge in [0.15, 0.2) is 6.61 Å². The lowest BCUT2D eigenvalue weighted by atomic mass is 10.2. The van der Waals surface area contributed by atoms with E-state index in [0.29, 0.717) is 0 Å². The van der Waals surface area contributed by atoms with Crippen LogP contribution in [0.25, 0.3) is 10.2 Å². The highest BCUT2D eigenvalue weighted by Gasteiger charge is 2.22. The Kier molecular flexibility index (Phi) is 5.36. The summed E-state index contributed by atoms with van der Waals surface area (Å²) in [6.07, 6.45) is 0. The quantitative estimate of drug-likeness (QED) is 0.536. The number of amides is 1. The van der Waals surface area contributed by atoms with E-state index in [1.807, 2.05) is 31.2 Å². The lowest BCUT2D eigenvalue weighted by Crippen LogP contribution is -2.33. The van der Waals surface area contributed by atoms with Crippen molar-refractivity contribution in [3.8, 4) is 0 Å². The Morgan fingerprint density at radius 2 is 2.04 bits per heavy atom. The van der Waals surface area contributed by atoms with Crippen LogP contribution in [0.15, 0.2) is 42.5 Å². The average Bonchev–Trinajstić information content (AvgIpc) is 3.08. The number of rotatable bonds is 5. The topological polar surface area (TPSA) is 85.5 Å². The van der Waals surface area contributed by atoms with Crippen molar-refractivity contribution in [2.24, 2.45) is 0 Å². The summed E-state index contributed by atoms with van der Waals surface area (Å²) in [6, 6.07) is 10.8. The number of halogens is 1. The maximum absolute atomic E-state index is 13.1. The second-order valence-corrected chi connectivity index (χ2v) is 7.07. The highest BCUT2D eigenvalue weighted by atomic mass is 32.1. The molecule has 1 aromatic heterocycles. The number of carbonyl (C=O) groups excluding carboxylic acids is 2. The summed E-state index contributed by atoms with van der Waals surface area (Å²) in [6.45, 7) is 1.41. The Morgan fingerprint density at radius 1 is 1.30 bits per heavy atom. The Balaban J connectivity index is 1.63. The van der Waals surface area contributed by atoms with Crippen LogP contribution in [0.3, 0.4) is 0 Å². The number of nitrogens with two attached hydrogens (primary N) is 1. The number of ether oxygens (including phenoxy) is 1. The molecule has 27 heavy (non-hydrogen) atoms. The van der Waals surface area contributed by atoms with Crippen molar-refractivity contribution in [1.29, 1.82) is 0 Å². The molecule has 8 heteroatoms. The molecule has 0 aliphatic rings. The van der Waals surface area contributed by atoms with Crippen molar-refractivity contribution in [1.82, 2.24) is 9.88 Å². The fourth-order valence-electron chi connectivity index (χ4n) is 2.48. The molecule has 1 amide bonds. The van der Waals surface area contributed by atoms with Gasteiger partial charge in [-0.3, -0.25) is 4.79 Å². The first-order valence-corrected chi connectivity index (χ1v) is 9.01. The minimum Gasteiger partial charge on any atom is -0.452 e. The van der Waals surface area contributed by atoms with E-state index in [9.17, 15) is 14.0 Å². The van der Waals surface area contributed by atoms with Gasteiger partial charge in [0.1, 0.15) is 10.8 Å². The lowest BCUT2D eigenvalue weighted by Gasteiger charge is -2.23. The number of fused-ring (bicyclic) bond motifs is 1. The van der Waals surface area contributed by atoms with E-state index in [1.54, 1.807) is 7.05 Å². The number of aromatic nitrogens is 1. The maximum atomic E-state index is 13.1. The Hall–Kier alpha value is -3.00. The zero-order valence-corrected chi connectivity index (χ0v) is 15.6. The van der Waals surface area contributed by atoms with Gasteiger partial charge in [0, 0.05) is 12.7 Å². The molecule has 0 fully saturated rings. The third kappa shape index (κ3) is 4.06. The lowest BCUT2D eigenvalue weighted by molar-refractivity contribution is -0.135. The van der Waals surface area contributed by atoms with Crippen LogP contribution in [0.2, 0.25) is 0 Å². The Bertz CT molecular complexity index is 972. The van der Waals surface area contributed by atoms with Crippen molar-refractivity contribution in [2.75, 3.05) is 19.4 Å². The van der Waals surface area contributed by atoms with Crippen LogP contribution >= 0.6 is 11.3 Å². The minimum absolute atomic E-state index is 0.0195. The average molecular weight is 387 g/mol. The molecule has 0 unspecified atom stereocenters. The minimum atomic E-state index is -0.776. The van der Waals surface area contributed by atoms with Crippen molar-refractivity contribution >= 4 is 39.1 Å². The fourth-order valence-corrected chi connectivity index (χ4v) is 3.54. The van der Waals surface area contributed by atoms with E-state index in [2.05, 4.69) is 4.98 Å². The van der Waals surface area contributed by atoms with Gasteiger partial charge in [0.25, 0.3) is 5.91 Å². The molecular weight excluding hydrogens is 369 g/mol. The molecule has 0 spiro atoms. The molecule has 6 nitrogen and oxygen atoms in total. The second kappa shape index (κ2) is 7.71. The number of hydrogen-bond acceptors (Lipinski definition) is 6. The second-order valence-electron chi connectivity index (χ2n) is 6.01. The van der Waals surface area contributed by atoms with Crippen LogP contribution < -0.4 is 5.73 Å². The van der Waals surface area contributed by atoms with Gasteiger partial charge in [0.05, 0.1) is 21.8 Å². The number of hydrogen-bond donors (Lipinski definition) is 1. The Labute approximate surface area is 159 Å². The first kappa shape index (κ1) is 18.8. The molecule has 0 aliphatic carbocycles. The summed E-state index contributed by atoms with van der Waals surface area (Å²) >= 11 is 1.51. The number of anilines is 1. The first-order chi connectivity index (χ1) is 12.9. The summed E-state index contributed by atoms with van der Waals surface area (Å²) in [4.78, 5) is 30.5. The van der Waals surface area contributed by atoms with Crippen LogP contribution in [0.1, 0.15) is 28.3 Å². The molecule has 140 valence electrons. The summed E-state index contributed by atoms with van der Waals surface area (Å²) in [5.74, 6) is -1.71. The van der Waals surface area contributed by atoms with E-state index >= 15 is 0 Å². The van der Waals surface area contributed by atoms with Crippen molar-refractivity contribution in [3.05, 3.63) is 58.9 Å². The molecule has 3 rings (SSSR count). The van der Waals surface area contributed by atoms with Crippen LogP contribution in [0.5, 0.6) is 0 Å². The predicted molar refractivity (Wildman–Crippen MR) is 102 cm³/mol. The molecule has 1 heterocycles. The SMILES string of the molecule is C[C@@H](c1nc2ccccc2s1)N(C)C(=O)COC(=O)c1ccc(F)cc1N. The number of likely N-dealkylation sites (N-methyl/N-ethyl adjacent to an activating group) is 1. The molecule has 3 aromatic rings. The normalized spacial score (nSPS) is 12.0. The third-order valence-corrected chi connectivity index (χ3v) is 5.41. The van der Waals surface area contributed by atoms with Crippen molar-refractivity contribution in [3.63, 3.8) is 0 Å². The molecule has 0 saturated heterocycles. The summed E-state index contributed by atoms with van der Waals surface area (Å²) in [7, 11) is 1.62. The number of carbonyl (C=O) groups is 2. The summed E-state index contributed by atoms with van der Waals surface area (Å²) in [5.41, 5.74) is 6.47. The molecule has 0 radical (unpaired) electrons. The molecular formula is C19H18FN3O3S. The molecule has 0 bridgehead atoms. The number of thiazole rings is 1. The highest BCUT2D eigenvalue weighted by Crippen LogP contribution is 2.28. The molecule has 0 saturated carbocycles. The van der Waals surface area contributed by atoms with Gasteiger partial charge in [-0.15, -0.1) is 11.3 Å². The van der Waals surface area contributed by atoms with Crippen LogP contribution in [0, 0.1) is 5.82 Å². The molecule has 2 N–H and O–H groups in total. The van der Waals surface area contributed by atoms with Crippen LogP contribution in [0.4, 0.5) is 10.1 Å².